The molecule has 0 spiro atoms. The van der Waals surface area contributed by atoms with Gasteiger partial charge in [-0.1, -0.05) is 6.92 Å². The summed E-state index contributed by atoms with van der Waals surface area (Å²) in [6.45, 7) is 7.80. The van der Waals surface area contributed by atoms with Crippen molar-refractivity contribution in [3.05, 3.63) is 11.9 Å². The Morgan fingerprint density at radius 1 is 1.25 bits per heavy atom. The molecule has 112 valence electrons. The lowest BCUT2D eigenvalue weighted by atomic mass is 10.0. The molecule has 1 atom stereocenters. The van der Waals surface area contributed by atoms with Gasteiger partial charge in [-0.15, -0.1) is 0 Å². The Hall–Kier alpha value is -1.36. The van der Waals surface area contributed by atoms with Crippen LogP contribution in [0.15, 0.2) is 6.07 Å². The average Bonchev–Trinajstić information content (AvgIpc) is 2.47. The molecule has 5 nitrogen and oxygen atoms in total. The lowest BCUT2D eigenvalue weighted by Gasteiger charge is -2.22. The second-order valence-electron chi connectivity index (χ2n) is 5.30. The molecule has 1 aromatic rings. The number of ether oxygens (including phenoxy) is 1. The summed E-state index contributed by atoms with van der Waals surface area (Å²) in [5.74, 6) is 3.34. The highest BCUT2D eigenvalue weighted by atomic mass is 16.5. The summed E-state index contributed by atoms with van der Waals surface area (Å²) >= 11 is 0. The van der Waals surface area contributed by atoms with Crippen LogP contribution in [0.1, 0.15) is 38.9 Å². The topological polar surface area (TPSA) is 59.1 Å². The second-order valence-corrected chi connectivity index (χ2v) is 5.30. The number of aryl methyl sites for hydroxylation is 1. The Morgan fingerprint density at radius 3 is 2.70 bits per heavy atom. The Bertz CT molecular complexity index is 381. The van der Waals surface area contributed by atoms with Gasteiger partial charge in [-0.3, -0.25) is 0 Å². The lowest BCUT2D eigenvalue weighted by Crippen LogP contribution is -2.24. The fourth-order valence-corrected chi connectivity index (χ4v) is 2.41. The van der Waals surface area contributed by atoms with Crippen molar-refractivity contribution in [3.63, 3.8) is 0 Å². The van der Waals surface area contributed by atoms with Crippen LogP contribution in [0.25, 0.3) is 0 Å². The van der Waals surface area contributed by atoms with Crippen LogP contribution < -0.4 is 10.6 Å². The molecule has 2 N–H and O–H groups in total. The third-order valence-electron chi connectivity index (χ3n) is 3.43. The molecule has 20 heavy (non-hydrogen) atoms. The second kappa shape index (κ2) is 8.04. The van der Waals surface area contributed by atoms with Gasteiger partial charge in [0.2, 0.25) is 0 Å². The van der Waals surface area contributed by atoms with Crippen LogP contribution >= 0.6 is 0 Å². The number of hydrogen-bond donors (Lipinski definition) is 2. The van der Waals surface area contributed by atoms with Crippen LogP contribution in [0.5, 0.6) is 0 Å². The summed E-state index contributed by atoms with van der Waals surface area (Å²) in [5.41, 5.74) is 0. The van der Waals surface area contributed by atoms with Crippen LogP contribution in [-0.2, 0) is 11.2 Å². The van der Waals surface area contributed by atoms with E-state index in [0.717, 1.165) is 56.6 Å². The molecule has 1 aliphatic heterocycles. The Balaban J connectivity index is 1.97. The van der Waals surface area contributed by atoms with Gasteiger partial charge in [-0.05, 0) is 32.1 Å². The van der Waals surface area contributed by atoms with Crippen molar-refractivity contribution in [3.8, 4) is 0 Å². The average molecular weight is 278 g/mol. The first-order chi connectivity index (χ1) is 9.81. The van der Waals surface area contributed by atoms with Gasteiger partial charge in [-0.2, -0.15) is 0 Å². The standard InChI is InChI=1S/C15H26N4O/c1-3-6-13-18-14(16-4-2)9-15(19-13)17-10-12-7-5-8-20-11-12/h9,12H,3-8,10-11H2,1-2H3,(H2,16,17,18,19). The van der Waals surface area contributed by atoms with Crippen molar-refractivity contribution >= 4 is 11.6 Å². The highest BCUT2D eigenvalue weighted by Crippen LogP contribution is 2.16. The molecule has 0 bridgehead atoms. The van der Waals surface area contributed by atoms with E-state index < -0.39 is 0 Å². The number of aromatic nitrogens is 2. The maximum atomic E-state index is 5.51. The Kier molecular flexibility index (Phi) is 6.05. The molecule has 0 aromatic carbocycles. The van der Waals surface area contributed by atoms with Gasteiger partial charge in [0.15, 0.2) is 0 Å². The van der Waals surface area contributed by atoms with Crippen LogP contribution in [0.2, 0.25) is 0 Å². The van der Waals surface area contributed by atoms with E-state index in [0.29, 0.717) is 5.92 Å². The van der Waals surface area contributed by atoms with Crippen LogP contribution in [0, 0.1) is 5.92 Å². The first-order valence-electron chi connectivity index (χ1n) is 7.75. The SMILES string of the molecule is CCCc1nc(NCC)cc(NCC2CCCOC2)n1. The van der Waals surface area contributed by atoms with E-state index in [1.807, 2.05) is 6.07 Å². The molecule has 5 heteroatoms. The third kappa shape index (κ3) is 4.63. The molecule has 1 saturated heterocycles. The van der Waals surface area contributed by atoms with Gasteiger partial charge in [0.05, 0.1) is 6.61 Å². The monoisotopic (exact) mass is 278 g/mol. The molecule has 1 aromatic heterocycles. The smallest absolute Gasteiger partial charge is 0.133 e. The van der Waals surface area contributed by atoms with Crippen molar-refractivity contribution in [1.29, 1.82) is 0 Å². The lowest BCUT2D eigenvalue weighted by molar-refractivity contribution is 0.0595. The summed E-state index contributed by atoms with van der Waals surface area (Å²) < 4.78 is 5.51. The molecule has 0 aliphatic carbocycles. The molecular weight excluding hydrogens is 252 g/mol. The number of hydrogen-bond acceptors (Lipinski definition) is 5. The maximum absolute atomic E-state index is 5.51. The fourth-order valence-electron chi connectivity index (χ4n) is 2.41. The molecular formula is C15H26N4O. The predicted molar refractivity (Wildman–Crippen MR) is 82.2 cm³/mol. The zero-order valence-corrected chi connectivity index (χ0v) is 12.6. The van der Waals surface area contributed by atoms with E-state index in [4.69, 9.17) is 4.74 Å². The van der Waals surface area contributed by atoms with E-state index in [-0.39, 0.29) is 0 Å². The predicted octanol–water partition coefficient (Wildman–Crippen LogP) is 2.70. The summed E-state index contributed by atoms with van der Waals surface area (Å²) in [6.07, 6.45) is 4.38. The minimum Gasteiger partial charge on any atom is -0.381 e. The molecule has 1 fully saturated rings. The fraction of sp³-hybridized carbons (Fsp3) is 0.733. The molecule has 0 amide bonds. The number of nitrogens with zero attached hydrogens (tertiary/aromatic N) is 2. The summed E-state index contributed by atoms with van der Waals surface area (Å²) in [7, 11) is 0. The van der Waals surface area contributed by atoms with E-state index in [2.05, 4.69) is 34.4 Å². The first-order valence-corrected chi connectivity index (χ1v) is 7.75. The minimum absolute atomic E-state index is 0.593. The van der Waals surface area contributed by atoms with Crippen molar-refractivity contribution in [2.75, 3.05) is 36.9 Å². The maximum Gasteiger partial charge on any atom is 0.133 e. The number of rotatable bonds is 7. The highest BCUT2D eigenvalue weighted by Gasteiger charge is 2.14. The molecule has 1 aliphatic rings. The van der Waals surface area contributed by atoms with E-state index in [1.54, 1.807) is 0 Å². The third-order valence-corrected chi connectivity index (χ3v) is 3.43. The largest absolute Gasteiger partial charge is 0.381 e. The van der Waals surface area contributed by atoms with Gasteiger partial charge in [0, 0.05) is 32.2 Å². The zero-order valence-electron chi connectivity index (χ0n) is 12.6. The zero-order chi connectivity index (χ0) is 14.2. The van der Waals surface area contributed by atoms with Crippen LogP contribution in [0.4, 0.5) is 11.6 Å². The summed E-state index contributed by atoms with van der Waals surface area (Å²) in [5, 5.41) is 6.71. The van der Waals surface area contributed by atoms with Gasteiger partial charge in [-0.25, -0.2) is 9.97 Å². The van der Waals surface area contributed by atoms with Gasteiger partial charge >= 0.3 is 0 Å². The van der Waals surface area contributed by atoms with Gasteiger partial charge in [0.1, 0.15) is 17.5 Å². The van der Waals surface area contributed by atoms with Gasteiger partial charge in [0.25, 0.3) is 0 Å². The molecule has 0 saturated carbocycles. The minimum atomic E-state index is 0.593. The van der Waals surface area contributed by atoms with E-state index >= 15 is 0 Å². The van der Waals surface area contributed by atoms with Crippen molar-refractivity contribution in [2.45, 2.75) is 39.5 Å². The van der Waals surface area contributed by atoms with E-state index in [9.17, 15) is 0 Å². The summed E-state index contributed by atoms with van der Waals surface area (Å²) in [6, 6.07) is 1.99. The van der Waals surface area contributed by atoms with Crippen LogP contribution in [0.3, 0.4) is 0 Å². The Morgan fingerprint density at radius 2 is 2.05 bits per heavy atom. The van der Waals surface area contributed by atoms with Crippen molar-refractivity contribution < 1.29 is 4.74 Å². The molecule has 2 rings (SSSR count). The molecule has 1 unspecified atom stereocenters. The summed E-state index contributed by atoms with van der Waals surface area (Å²) in [4.78, 5) is 9.11. The van der Waals surface area contributed by atoms with E-state index in [1.165, 1.54) is 12.8 Å². The quantitative estimate of drug-likeness (QED) is 0.803. The number of nitrogens with one attached hydrogen (secondary N) is 2. The first kappa shape index (κ1) is 15.0. The number of anilines is 2. The Labute approximate surface area is 121 Å². The highest BCUT2D eigenvalue weighted by molar-refractivity contribution is 5.47. The van der Waals surface area contributed by atoms with Crippen LogP contribution in [-0.4, -0.2) is 36.3 Å². The van der Waals surface area contributed by atoms with Crippen molar-refractivity contribution in [1.82, 2.24) is 9.97 Å². The normalized spacial score (nSPS) is 18.8. The van der Waals surface area contributed by atoms with Gasteiger partial charge < -0.3 is 15.4 Å². The van der Waals surface area contributed by atoms with Crippen molar-refractivity contribution in [2.24, 2.45) is 5.92 Å². The molecule has 2 heterocycles. The molecule has 0 radical (unpaired) electrons.